The third-order valence-corrected chi connectivity index (χ3v) is 5.55. The van der Waals surface area contributed by atoms with E-state index >= 15 is 0 Å². The number of hydrogen-bond donors (Lipinski definition) is 1. The van der Waals surface area contributed by atoms with Crippen LogP contribution in [0, 0.1) is 6.92 Å². The molecule has 2 atom stereocenters. The Morgan fingerprint density at radius 2 is 1.89 bits per heavy atom. The van der Waals surface area contributed by atoms with Gasteiger partial charge >= 0.3 is 0 Å². The summed E-state index contributed by atoms with van der Waals surface area (Å²) in [6.45, 7) is 1.92. The van der Waals surface area contributed by atoms with Gasteiger partial charge < -0.3 is 9.84 Å². The quantitative estimate of drug-likeness (QED) is 0.739. The number of fused-ring (bicyclic) bond motifs is 1. The summed E-state index contributed by atoms with van der Waals surface area (Å²) in [4.78, 5) is 17.5. The summed E-state index contributed by atoms with van der Waals surface area (Å²) in [7, 11) is 0. The van der Waals surface area contributed by atoms with Crippen LogP contribution in [-0.4, -0.2) is 15.9 Å². The fourth-order valence-electron chi connectivity index (χ4n) is 4.31. The zero-order valence-corrected chi connectivity index (χ0v) is 15.0. The Balaban J connectivity index is 1.63. The number of nitrogens with one attached hydrogen (secondary N) is 1. The minimum absolute atomic E-state index is 0.171. The number of rotatable bonds is 2. The molecule has 1 N–H and O–H groups in total. The second-order valence-electron chi connectivity index (χ2n) is 7.19. The van der Waals surface area contributed by atoms with Gasteiger partial charge in [0.05, 0.1) is 11.3 Å². The molecule has 0 bridgehead atoms. The number of pyridine rings is 1. The van der Waals surface area contributed by atoms with Crippen LogP contribution < -0.4 is 5.32 Å². The highest BCUT2D eigenvalue weighted by Gasteiger charge is 2.41. The van der Waals surface area contributed by atoms with Gasteiger partial charge in [0.25, 0.3) is 0 Å². The molecule has 2 aromatic heterocycles. The number of nitrogens with zero attached hydrogens (tertiary/aromatic N) is 2. The highest BCUT2D eigenvalue weighted by Crippen LogP contribution is 2.48. The molecule has 3 heterocycles. The van der Waals surface area contributed by atoms with Crippen molar-refractivity contribution in [2.75, 3.05) is 5.32 Å². The van der Waals surface area contributed by atoms with Crippen LogP contribution in [0.5, 0.6) is 0 Å². The van der Waals surface area contributed by atoms with Crippen LogP contribution in [0.2, 0.25) is 0 Å². The van der Waals surface area contributed by atoms with Crippen LogP contribution in [0.4, 0.5) is 5.88 Å². The van der Waals surface area contributed by atoms with E-state index in [0.717, 1.165) is 34.5 Å². The van der Waals surface area contributed by atoms with Crippen molar-refractivity contribution in [3.05, 3.63) is 88.5 Å². The third-order valence-electron chi connectivity index (χ3n) is 5.55. The lowest BCUT2D eigenvalue weighted by Gasteiger charge is -2.34. The van der Waals surface area contributed by atoms with Crippen LogP contribution in [0.25, 0.3) is 0 Å². The summed E-state index contributed by atoms with van der Waals surface area (Å²) in [6.07, 6.45) is 4.87. The number of carbonyl (C=O) groups excluding carboxylic acids is 1. The van der Waals surface area contributed by atoms with Gasteiger partial charge in [-0.1, -0.05) is 41.6 Å². The first-order valence-electron chi connectivity index (χ1n) is 9.16. The molecule has 0 saturated heterocycles. The minimum Gasteiger partial charge on any atom is -0.338 e. The molecule has 0 radical (unpaired) electrons. The lowest BCUT2D eigenvalue weighted by Crippen LogP contribution is -2.29. The highest BCUT2D eigenvalue weighted by molar-refractivity contribution is 6.01. The number of anilines is 1. The zero-order valence-electron chi connectivity index (χ0n) is 15.0. The largest absolute Gasteiger partial charge is 0.338 e. The highest BCUT2D eigenvalue weighted by atomic mass is 16.5. The lowest BCUT2D eigenvalue weighted by atomic mass is 9.72. The summed E-state index contributed by atoms with van der Waals surface area (Å²) in [5.41, 5.74) is 5.69. The normalized spacial score (nSPS) is 21.4. The van der Waals surface area contributed by atoms with E-state index in [9.17, 15) is 4.79 Å². The SMILES string of the molecule is Cc1noc2c1[C@@H](c1cccnc1)C1=C(C[C@H](c3ccccc3)CC1=O)N2. The van der Waals surface area contributed by atoms with Gasteiger partial charge in [-0.3, -0.25) is 9.78 Å². The third kappa shape index (κ3) is 2.58. The first kappa shape index (κ1) is 16.0. The van der Waals surface area contributed by atoms with Crippen molar-refractivity contribution < 1.29 is 9.32 Å². The van der Waals surface area contributed by atoms with Gasteiger partial charge in [-0.25, -0.2) is 0 Å². The minimum atomic E-state index is -0.180. The Hall–Kier alpha value is -3.21. The van der Waals surface area contributed by atoms with Gasteiger partial charge in [0.15, 0.2) is 5.78 Å². The Kier molecular flexibility index (Phi) is 3.67. The van der Waals surface area contributed by atoms with Crippen LogP contribution in [0.15, 0.2) is 70.7 Å². The van der Waals surface area contributed by atoms with Gasteiger partial charge in [0.2, 0.25) is 5.88 Å². The van der Waals surface area contributed by atoms with Crippen molar-refractivity contribution in [3.63, 3.8) is 0 Å². The summed E-state index contributed by atoms with van der Waals surface area (Å²) >= 11 is 0. The number of carbonyl (C=O) groups is 1. The van der Waals surface area contributed by atoms with E-state index < -0.39 is 0 Å². The number of benzene rings is 1. The van der Waals surface area contributed by atoms with Crippen LogP contribution in [-0.2, 0) is 4.79 Å². The molecule has 1 aliphatic carbocycles. The van der Waals surface area contributed by atoms with Gasteiger partial charge in [-0.15, -0.1) is 0 Å². The first-order valence-corrected chi connectivity index (χ1v) is 9.16. The molecule has 5 heteroatoms. The number of hydrogen-bond acceptors (Lipinski definition) is 5. The summed E-state index contributed by atoms with van der Waals surface area (Å²) in [5.74, 6) is 0.810. The molecule has 0 fully saturated rings. The molecule has 134 valence electrons. The molecule has 0 unspecified atom stereocenters. The van der Waals surface area contributed by atoms with E-state index in [4.69, 9.17) is 4.52 Å². The second-order valence-corrected chi connectivity index (χ2v) is 7.19. The Morgan fingerprint density at radius 1 is 1.07 bits per heavy atom. The van der Waals surface area contributed by atoms with Gasteiger partial charge in [-0.2, -0.15) is 0 Å². The summed E-state index contributed by atoms with van der Waals surface area (Å²) in [5, 5.41) is 7.50. The Bertz CT molecular complexity index is 1040. The second kappa shape index (κ2) is 6.20. The van der Waals surface area contributed by atoms with Crippen molar-refractivity contribution in [1.29, 1.82) is 0 Å². The molecule has 3 aromatic rings. The van der Waals surface area contributed by atoms with Gasteiger partial charge in [0.1, 0.15) is 0 Å². The molecule has 5 nitrogen and oxygen atoms in total. The average Bonchev–Trinajstić information content (AvgIpc) is 3.08. The number of Topliss-reactive ketones (excluding diaryl/α,β-unsaturated/α-hetero) is 1. The fraction of sp³-hybridized carbons (Fsp3) is 0.227. The number of allylic oxidation sites excluding steroid dienone is 2. The predicted molar refractivity (Wildman–Crippen MR) is 101 cm³/mol. The predicted octanol–water partition coefficient (Wildman–Crippen LogP) is 4.34. The smallest absolute Gasteiger partial charge is 0.233 e. The van der Waals surface area contributed by atoms with E-state index in [2.05, 4.69) is 27.6 Å². The van der Waals surface area contributed by atoms with Crippen LogP contribution >= 0.6 is 0 Å². The van der Waals surface area contributed by atoms with Gasteiger partial charge in [-0.05, 0) is 36.5 Å². The van der Waals surface area contributed by atoms with Gasteiger partial charge in [0, 0.05) is 36.0 Å². The van der Waals surface area contributed by atoms with E-state index in [1.807, 2.05) is 43.5 Å². The monoisotopic (exact) mass is 357 g/mol. The Morgan fingerprint density at radius 3 is 2.67 bits per heavy atom. The molecule has 2 aliphatic rings. The van der Waals surface area contributed by atoms with Crippen molar-refractivity contribution in [1.82, 2.24) is 10.1 Å². The van der Waals surface area contributed by atoms with Crippen molar-refractivity contribution >= 4 is 11.7 Å². The summed E-state index contributed by atoms with van der Waals surface area (Å²) < 4.78 is 5.54. The average molecular weight is 357 g/mol. The molecule has 5 rings (SSSR count). The van der Waals surface area contributed by atoms with Crippen LogP contribution in [0.1, 0.15) is 47.1 Å². The first-order chi connectivity index (χ1) is 13.2. The van der Waals surface area contributed by atoms with E-state index in [1.165, 1.54) is 5.56 Å². The van der Waals surface area contributed by atoms with E-state index in [-0.39, 0.29) is 17.6 Å². The maximum atomic E-state index is 13.3. The maximum Gasteiger partial charge on any atom is 0.233 e. The van der Waals surface area contributed by atoms with Crippen molar-refractivity contribution in [2.45, 2.75) is 31.6 Å². The number of aryl methyl sites for hydroxylation is 1. The molecular weight excluding hydrogens is 338 g/mol. The number of ketones is 1. The van der Waals surface area contributed by atoms with Crippen molar-refractivity contribution in [2.24, 2.45) is 0 Å². The topological polar surface area (TPSA) is 68.0 Å². The van der Waals surface area contributed by atoms with E-state index in [0.29, 0.717) is 12.3 Å². The lowest BCUT2D eigenvalue weighted by molar-refractivity contribution is -0.116. The molecule has 0 saturated carbocycles. The maximum absolute atomic E-state index is 13.3. The molecule has 1 aromatic carbocycles. The zero-order chi connectivity index (χ0) is 18.4. The van der Waals surface area contributed by atoms with Crippen LogP contribution in [0.3, 0.4) is 0 Å². The van der Waals surface area contributed by atoms with Crippen molar-refractivity contribution in [3.8, 4) is 0 Å². The fourth-order valence-corrected chi connectivity index (χ4v) is 4.31. The molecule has 27 heavy (non-hydrogen) atoms. The molecule has 1 aliphatic heterocycles. The Labute approximate surface area is 157 Å². The molecule has 0 spiro atoms. The molecule has 0 amide bonds. The summed E-state index contributed by atoms with van der Waals surface area (Å²) in [6, 6.07) is 14.1. The molecular formula is C22H19N3O2. The van der Waals surface area contributed by atoms with E-state index in [1.54, 1.807) is 6.20 Å². The standard InChI is InChI=1S/C22H19N3O2/c1-13-19-20(15-8-5-9-23-12-15)21-17(24-22(19)27-25-13)10-16(11-18(21)26)14-6-3-2-4-7-14/h2-9,12,16,20,24H,10-11H2,1H3/t16-,20+/m0/s1. The number of aromatic nitrogens is 2.